The van der Waals surface area contributed by atoms with E-state index in [9.17, 15) is 13.2 Å². The molecule has 0 saturated carbocycles. The third-order valence-electron chi connectivity index (χ3n) is 4.82. The van der Waals surface area contributed by atoms with Gasteiger partial charge in [-0.15, -0.1) is 0 Å². The van der Waals surface area contributed by atoms with Crippen LogP contribution in [0.15, 0.2) is 77.7 Å². The molecule has 0 heterocycles. The van der Waals surface area contributed by atoms with Gasteiger partial charge in [-0.3, -0.25) is 9.52 Å². The van der Waals surface area contributed by atoms with Gasteiger partial charge in [0.25, 0.3) is 15.9 Å². The van der Waals surface area contributed by atoms with Gasteiger partial charge in [-0.2, -0.15) is 0 Å². The number of carbonyl (C=O) groups is 1. The highest BCUT2D eigenvalue weighted by molar-refractivity contribution is 7.92. The van der Waals surface area contributed by atoms with Crippen LogP contribution in [0.25, 0.3) is 0 Å². The summed E-state index contributed by atoms with van der Waals surface area (Å²) >= 11 is 0. The smallest absolute Gasteiger partial charge is 0.261 e. The summed E-state index contributed by atoms with van der Waals surface area (Å²) in [6.07, 6.45) is 0. The molecule has 0 aliphatic rings. The number of nitrogens with one attached hydrogen (secondary N) is 1. The molecule has 0 unspecified atom stereocenters. The number of sulfonamides is 1. The number of hydrogen-bond donors (Lipinski definition) is 1. The van der Waals surface area contributed by atoms with Crippen LogP contribution in [0.3, 0.4) is 0 Å². The summed E-state index contributed by atoms with van der Waals surface area (Å²) in [6, 6.07) is 20.6. The van der Waals surface area contributed by atoms with Crippen LogP contribution in [0.1, 0.15) is 28.4 Å². The van der Waals surface area contributed by atoms with Gasteiger partial charge in [-0.1, -0.05) is 30.3 Å². The van der Waals surface area contributed by atoms with E-state index < -0.39 is 10.0 Å². The fourth-order valence-electron chi connectivity index (χ4n) is 3.15. The van der Waals surface area contributed by atoms with Crippen molar-refractivity contribution in [2.45, 2.75) is 25.3 Å². The van der Waals surface area contributed by atoms with E-state index in [1.807, 2.05) is 38.1 Å². The van der Waals surface area contributed by atoms with E-state index in [-0.39, 0.29) is 10.8 Å². The highest BCUT2D eigenvalue weighted by atomic mass is 32.2. The molecule has 0 bridgehead atoms. The van der Waals surface area contributed by atoms with Gasteiger partial charge in [-0.25, -0.2) is 8.42 Å². The molecule has 0 spiro atoms. The van der Waals surface area contributed by atoms with Crippen LogP contribution < -0.4 is 9.46 Å². The summed E-state index contributed by atoms with van der Waals surface area (Å²) in [4.78, 5) is 14.6. The first-order valence-electron chi connectivity index (χ1n) is 9.96. The minimum absolute atomic E-state index is 0.115. The molecule has 0 aliphatic carbocycles. The van der Waals surface area contributed by atoms with E-state index in [2.05, 4.69) is 4.72 Å². The van der Waals surface area contributed by atoms with Gasteiger partial charge in [0, 0.05) is 24.8 Å². The number of benzene rings is 3. The van der Waals surface area contributed by atoms with Gasteiger partial charge in [0.15, 0.2) is 0 Å². The molecule has 3 aromatic rings. The SMILES string of the molecule is CCOc1ccc(S(=O)(=O)Nc2cccc(C(=O)N(C)Cc3ccccc3C)c2)cc1. The number of rotatable bonds is 8. The molecule has 0 aliphatic heterocycles. The van der Waals surface area contributed by atoms with Gasteiger partial charge >= 0.3 is 0 Å². The number of nitrogens with zero attached hydrogens (tertiary/aromatic N) is 1. The Balaban J connectivity index is 1.74. The summed E-state index contributed by atoms with van der Waals surface area (Å²) in [6.45, 7) is 4.83. The van der Waals surface area contributed by atoms with Gasteiger partial charge in [-0.05, 0) is 67.4 Å². The lowest BCUT2D eigenvalue weighted by Gasteiger charge is -2.19. The minimum Gasteiger partial charge on any atom is -0.494 e. The van der Waals surface area contributed by atoms with Gasteiger partial charge in [0.05, 0.1) is 11.5 Å². The van der Waals surface area contributed by atoms with E-state index in [1.54, 1.807) is 48.3 Å². The Bertz CT molecular complexity index is 1160. The summed E-state index contributed by atoms with van der Waals surface area (Å²) < 4.78 is 33.3. The van der Waals surface area contributed by atoms with Crippen LogP contribution in [0.2, 0.25) is 0 Å². The highest BCUT2D eigenvalue weighted by Crippen LogP contribution is 2.21. The third kappa shape index (κ3) is 5.64. The maximum atomic E-state index is 12.9. The molecule has 162 valence electrons. The van der Waals surface area contributed by atoms with Crippen molar-refractivity contribution in [3.8, 4) is 5.75 Å². The van der Waals surface area contributed by atoms with Crippen molar-refractivity contribution in [1.29, 1.82) is 0 Å². The topological polar surface area (TPSA) is 75.7 Å². The molecule has 3 aromatic carbocycles. The zero-order chi connectivity index (χ0) is 22.4. The van der Waals surface area contributed by atoms with E-state index in [4.69, 9.17) is 4.74 Å². The van der Waals surface area contributed by atoms with Crippen LogP contribution in [0.5, 0.6) is 5.75 Å². The predicted molar refractivity (Wildman–Crippen MR) is 122 cm³/mol. The van der Waals surface area contributed by atoms with Crippen LogP contribution in [-0.4, -0.2) is 32.9 Å². The summed E-state index contributed by atoms with van der Waals surface area (Å²) in [5.41, 5.74) is 2.90. The lowest BCUT2D eigenvalue weighted by atomic mass is 10.1. The van der Waals surface area contributed by atoms with E-state index >= 15 is 0 Å². The molecule has 31 heavy (non-hydrogen) atoms. The summed E-state index contributed by atoms with van der Waals surface area (Å²) in [5, 5.41) is 0. The molecular formula is C24H26N2O4S. The zero-order valence-electron chi connectivity index (χ0n) is 17.8. The summed E-state index contributed by atoms with van der Waals surface area (Å²) in [7, 11) is -2.06. The van der Waals surface area contributed by atoms with Crippen molar-refractivity contribution in [3.63, 3.8) is 0 Å². The maximum Gasteiger partial charge on any atom is 0.261 e. The Morgan fingerprint density at radius 1 is 1.00 bits per heavy atom. The van der Waals surface area contributed by atoms with Crippen molar-refractivity contribution in [3.05, 3.63) is 89.5 Å². The molecule has 0 aromatic heterocycles. The molecule has 0 radical (unpaired) electrons. The van der Waals surface area contributed by atoms with Gasteiger partial charge in [0.1, 0.15) is 5.75 Å². The van der Waals surface area contributed by atoms with Crippen LogP contribution >= 0.6 is 0 Å². The molecule has 6 nitrogen and oxygen atoms in total. The predicted octanol–water partition coefficient (Wildman–Crippen LogP) is 4.47. The molecule has 1 N–H and O–H groups in total. The molecule has 1 amide bonds. The number of aryl methyl sites for hydroxylation is 1. The van der Waals surface area contributed by atoms with Crippen molar-refractivity contribution < 1.29 is 17.9 Å². The molecule has 0 fully saturated rings. The first-order valence-corrected chi connectivity index (χ1v) is 11.4. The quantitative estimate of drug-likeness (QED) is 0.563. The highest BCUT2D eigenvalue weighted by Gasteiger charge is 2.17. The van der Waals surface area contributed by atoms with Crippen molar-refractivity contribution in [1.82, 2.24) is 4.90 Å². The second-order valence-electron chi connectivity index (χ2n) is 7.18. The number of amides is 1. The molecular weight excluding hydrogens is 412 g/mol. The summed E-state index contributed by atoms with van der Waals surface area (Å²) in [5.74, 6) is 0.413. The van der Waals surface area contributed by atoms with Crippen molar-refractivity contribution in [2.24, 2.45) is 0 Å². The average Bonchev–Trinajstić information content (AvgIpc) is 2.75. The van der Waals surface area contributed by atoms with E-state index in [0.717, 1.165) is 11.1 Å². The van der Waals surface area contributed by atoms with Crippen LogP contribution in [0, 0.1) is 6.92 Å². The number of carbonyl (C=O) groups excluding carboxylic acids is 1. The van der Waals surface area contributed by atoms with Crippen LogP contribution in [0.4, 0.5) is 5.69 Å². The minimum atomic E-state index is -3.79. The van der Waals surface area contributed by atoms with Crippen LogP contribution in [-0.2, 0) is 16.6 Å². The van der Waals surface area contributed by atoms with Crippen molar-refractivity contribution >= 4 is 21.6 Å². The zero-order valence-corrected chi connectivity index (χ0v) is 18.6. The fourth-order valence-corrected chi connectivity index (χ4v) is 4.20. The fraction of sp³-hybridized carbons (Fsp3) is 0.208. The lowest BCUT2D eigenvalue weighted by molar-refractivity contribution is 0.0785. The first kappa shape index (κ1) is 22.4. The number of hydrogen-bond acceptors (Lipinski definition) is 4. The monoisotopic (exact) mass is 438 g/mol. The number of anilines is 1. The van der Waals surface area contributed by atoms with E-state index in [1.165, 1.54) is 12.1 Å². The van der Waals surface area contributed by atoms with Gasteiger partial charge < -0.3 is 9.64 Å². The van der Waals surface area contributed by atoms with Gasteiger partial charge in [0.2, 0.25) is 0 Å². The Labute approximate surface area is 183 Å². The second-order valence-corrected chi connectivity index (χ2v) is 8.86. The Morgan fingerprint density at radius 3 is 2.39 bits per heavy atom. The Kier molecular flexibility index (Phi) is 6.97. The normalized spacial score (nSPS) is 11.1. The lowest BCUT2D eigenvalue weighted by Crippen LogP contribution is -2.26. The molecule has 0 saturated heterocycles. The van der Waals surface area contributed by atoms with E-state index in [0.29, 0.717) is 30.2 Å². The molecule has 7 heteroatoms. The maximum absolute atomic E-state index is 12.9. The second kappa shape index (κ2) is 9.66. The van der Waals surface area contributed by atoms with Crippen molar-refractivity contribution in [2.75, 3.05) is 18.4 Å². The first-order chi connectivity index (χ1) is 14.8. The largest absolute Gasteiger partial charge is 0.494 e. The molecule has 0 atom stereocenters. The number of ether oxygens (including phenoxy) is 1. The Morgan fingerprint density at radius 2 is 1.71 bits per heavy atom. The Hall–Kier alpha value is -3.32. The molecule has 3 rings (SSSR count). The average molecular weight is 439 g/mol. The standard InChI is InChI=1S/C24H26N2O4S/c1-4-30-22-12-14-23(15-13-22)31(28,29)25-21-11-7-10-19(16-21)24(27)26(3)17-20-9-6-5-8-18(20)2/h5-16,25H,4,17H2,1-3H3. The third-order valence-corrected chi connectivity index (χ3v) is 6.22.